The zero-order valence-corrected chi connectivity index (χ0v) is 11.6. The Morgan fingerprint density at radius 3 is 2.79 bits per heavy atom. The van der Waals surface area contributed by atoms with E-state index in [0.717, 1.165) is 30.0 Å². The molecule has 0 amide bonds. The van der Waals surface area contributed by atoms with Crippen molar-refractivity contribution in [3.05, 3.63) is 54.0 Å². The molecule has 19 heavy (non-hydrogen) atoms. The first-order valence-electron chi connectivity index (χ1n) is 6.04. The molecule has 0 fully saturated rings. The highest BCUT2D eigenvalue weighted by molar-refractivity contribution is 7.80. The zero-order chi connectivity index (χ0) is 13.7. The highest BCUT2D eigenvalue weighted by atomic mass is 32.1. The summed E-state index contributed by atoms with van der Waals surface area (Å²) >= 11 is 4.97. The maximum atomic E-state index is 5.62. The third-order valence-electron chi connectivity index (χ3n) is 2.85. The van der Waals surface area contributed by atoms with Gasteiger partial charge in [-0.3, -0.25) is 4.98 Å². The zero-order valence-electron chi connectivity index (χ0n) is 10.8. The molecule has 2 N–H and O–H groups in total. The first kappa shape index (κ1) is 13.4. The maximum absolute atomic E-state index is 5.62. The summed E-state index contributed by atoms with van der Waals surface area (Å²) in [7, 11) is 1.99. The number of hydrogen-bond donors (Lipinski definition) is 1. The number of likely N-dealkylation sites (N-methyl/N-ethyl adjacent to an activating group) is 1. The molecule has 0 aliphatic heterocycles. The van der Waals surface area contributed by atoms with Crippen molar-refractivity contribution in [1.82, 2.24) is 9.97 Å². The lowest BCUT2D eigenvalue weighted by Crippen LogP contribution is -2.22. The van der Waals surface area contributed by atoms with E-state index in [1.165, 1.54) is 0 Å². The van der Waals surface area contributed by atoms with Crippen LogP contribution in [0.3, 0.4) is 0 Å². The van der Waals surface area contributed by atoms with Crippen LogP contribution in [0.4, 0.5) is 5.82 Å². The number of rotatable bonds is 5. The predicted molar refractivity (Wildman–Crippen MR) is 81.3 cm³/mol. The number of pyridine rings is 2. The highest BCUT2D eigenvalue weighted by Crippen LogP contribution is 2.11. The van der Waals surface area contributed by atoms with Crippen LogP contribution in [0, 0.1) is 0 Å². The summed E-state index contributed by atoms with van der Waals surface area (Å²) in [5, 5.41) is 0. The van der Waals surface area contributed by atoms with Gasteiger partial charge < -0.3 is 10.6 Å². The summed E-state index contributed by atoms with van der Waals surface area (Å²) in [5.41, 5.74) is 7.53. The summed E-state index contributed by atoms with van der Waals surface area (Å²) < 4.78 is 0. The molecule has 0 saturated carbocycles. The average Bonchev–Trinajstić information content (AvgIpc) is 2.46. The summed E-state index contributed by atoms with van der Waals surface area (Å²) in [4.78, 5) is 11.1. The van der Waals surface area contributed by atoms with Gasteiger partial charge in [-0.15, -0.1) is 0 Å². The molecule has 0 unspecified atom stereocenters. The molecule has 2 rings (SSSR count). The molecule has 5 heteroatoms. The summed E-state index contributed by atoms with van der Waals surface area (Å²) in [5.74, 6) is 0.862. The molecule has 4 nitrogen and oxygen atoms in total. The van der Waals surface area contributed by atoms with Gasteiger partial charge in [0.15, 0.2) is 0 Å². The monoisotopic (exact) mass is 272 g/mol. The molecule has 0 aliphatic rings. The van der Waals surface area contributed by atoms with E-state index in [9.17, 15) is 0 Å². The second kappa shape index (κ2) is 6.24. The van der Waals surface area contributed by atoms with Gasteiger partial charge in [0, 0.05) is 43.7 Å². The van der Waals surface area contributed by atoms with Crippen LogP contribution in [0.5, 0.6) is 0 Å². The van der Waals surface area contributed by atoms with Crippen molar-refractivity contribution >= 4 is 23.0 Å². The standard InChI is InChI=1S/C14H16N4S/c1-18(9-6-12-4-2-3-7-16-12)13-10-11(14(15)19)5-8-17-13/h2-5,7-8,10H,6,9H2,1H3,(H2,15,19). The number of thiocarbonyl (C=S) groups is 1. The van der Waals surface area contributed by atoms with Gasteiger partial charge in [-0.1, -0.05) is 18.3 Å². The Hall–Kier alpha value is -2.01. The van der Waals surface area contributed by atoms with E-state index >= 15 is 0 Å². The maximum Gasteiger partial charge on any atom is 0.128 e. The number of nitrogens with zero attached hydrogens (tertiary/aromatic N) is 3. The van der Waals surface area contributed by atoms with E-state index in [4.69, 9.17) is 18.0 Å². The highest BCUT2D eigenvalue weighted by Gasteiger charge is 2.05. The van der Waals surface area contributed by atoms with Gasteiger partial charge in [0.25, 0.3) is 0 Å². The van der Waals surface area contributed by atoms with E-state index < -0.39 is 0 Å². The number of nitrogens with two attached hydrogens (primary N) is 1. The SMILES string of the molecule is CN(CCc1ccccn1)c1cc(C(N)=S)ccn1. The average molecular weight is 272 g/mol. The molecule has 0 radical (unpaired) electrons. The lowest BCUT2D eigenvalue weighted by Gasteiger charge is -2.18. The molecule has 0 aliphatic carbocycles. The van der Waals surface area contributed by atoms with Crippen LogP contribution in [0.25, 0.3) is 0 Å². The Morgan fingerprint density at radius 2 is 2.11 bits per heavy atom. The quantitative estimate of drug-likeness (QED) is 0.841. The van der Waals surface area contributed by atoms with Crippen molar-refractivity contribution in [1.29, 1.82) is 0 Å². The number of hydrogen-bond acceptors (Lipinski definition) is 4. The summed E-state index contributed by atoms with van der Waals surface area (Å²) in [6.07, 6.45) is 4.40. The summed E-state index contributed by atoms with van der Waals surface area (Å²) in [6.45, 7) is 0.838. The summed E-state index contributed by atoms with van der Waals surface area (Å²) in [6, 6.07) is 9.65. The fraction of sp³-hybridized carbons (Fsp3) is 0.214. The Labute approximate surface area is 118 Å². The molecule has 0 bridgehead atoms. The minimum atomic E-state index is 0.391. The van der Waals surface area contributed by atoms with Crippen LogP contribution in [0.2, 0.25) is 0 Å². The van der Waals surface area contributed by atoms with E-state index in [1.807, 2.05) is 37.4 Å². The van der Waals surface area contributed by atoms with Crippen LogP contribution < -0.4 is 10.6 Å². The van der Waals surface area contributed by atoms with Crippen molar-refractivity contribution in [3.8, 4) is 0 Å². The van der Waals surface area contributed by atoms with E-state index in [2.05, 4.69) is 14.9 Å². The minimum absolute atomic E-state index is 0.391. The van der Waals surface area contributed by atoms with Crippen molar-refractivity contribution in [2.75, 3.05) is 18.5 Å². The first-order valence-corrected chi connectivity index (χ1v) is 6.44. The van der Waals surface area contributed by atoms with Gasteiger partial charge in [-0.25, -0.2) is 4.98 Å². The molecule has 98 valence electrons. The smallest absolute Gasteiger partial charge is 0.128 e. The van der Waals surface area contributed by atoms with Crippen molar-refractivity contribution in [3.63, 3.8) is 0 Å². The Morgan fingerprint density at radius 1 is 1.26 bits per heavy atom. The predicted octanol–water partition coefficient (Wildman–Crippen LogP) is 1.79. The Bertz CT molecular complexity index is 556. The molecule has 0 aromatic carbocycles. The van der Waals surface area contributed by atoms with Gasteiger partial charge in [-0.2, -0.15) is 0 Å². The van der Waals surface area contributed by atoms with E-state index in [-0.39, 0.29) is 0 Å². The molecular formula is C14H16N4S. The van der Waals surface area contributed by atoms with Crippen LogP contribution in [-0.2, 0) is 6.42 Å². The molecule has 0 atom stereocenters. The van der Waals surface area contributed by atoms with Crippen LogP contribution in [0.15, 0.2) is 42.7 Å². The van der Waals surface area contributed by atoms with Crippen molar-refractivity contribution in [2.24, 2.45) is 5.73 Å². The second-order valence-corrected chi connectivity index (χ2v) is 4.70. The largest absolute Gasteiger partial charge is 0.389 e. The lowest BCUT2D eigenvalue weighted by molar-refractivity contribution is 0.839. The third-order valence-corrected chi connectivity index (χ3v) is 3.09. The molecule has 2 aromatic heterocycles. The Kier molecular flexibility index (Phi) is 4.41. The topological polar surface area (TPSA) is 55.0 Å². The molecule has 2 heterocycles. The van der Waals surface area contributed by atoms with E-state index in [0.29, 0.717) is 4.99 Å². The number of anilines is 1. The van der Waals surface area contributed by atoms with E-state index in [1.54, 1.807) is 12.4 Å². The van der Waals surface area contributed by atoms with Crippen LogP contribution >= 0.6 is 12.2 Å². The second-order valence-electron chi connectivity index (χ2n) is 4.26. The van der Waals surface area contributed by atoms with Gasteiger partial charge in [0.1, 0.15) is 10.8 Å². The number of aromatic nitrogens is 2. The minimum Gasteiger partial charge on any atom is -0.389 e. The molecular weight excluding hydrogens is 256 g/mol. The van der Waals surface area contributed by atoms with Crippen LogP contribution in [-0.4, -0.2) is 28.5 Å². The molecule has 2 aromatic rings. The first-order chi connectivity index (χ1) is 9.16. The van der Waals surface area contributed by atoms with Gasteiger partial charge in [-0.05, 0) is 24.3 Å². The Balaban J connectivity index is 2.02. The van der Waals surface area contributed by atoms with Gasteiger partial charge in [0.2, 0.25) is 0 Å². The lowest BCUT2D eigenvalue weighted by atomic mass is 10.2. The fourth-order valence-electron chi connectivity index (χ4n) is 1.72. The van der Waals surface area contributed by atoms with Crippen molar-refractivity contribution < 1.29 is 0 Å². The van der Waals surface area contributed by atoms with Gasteiger partial charge in [0.05, 0.1) is 0 Å². The van der Waals surface area contributed by atoms with Crippen LogP contribution in [0.1, 0.15) is 11.3 Å². The molecule has 0 saturated heterocycles. The van der Waals surface area contributed by atoms with Gasteiger partial charge >= 0.3 is 0 Å². The third kappa shape index (κ3) is 3.72. The normalized spacial score (nSPS) is 10.2. The molecule has 0 spiro atoms. The van der Waals surface area contributed by atoms with Crippen molar-refractivity contribution in [2.45, 2.75) is 6.42 Å². The fourth-order valence-corrected chi connectivity index (χ4v) is 1.85.